The third-order valence-electron chi connectivity index (χ3n) is 1.90. The zero-order valence-corrected chi connectivity index (χ0v) is 8.30. The Morgan fingerprint density at radius 2 is 2.15 bits per heavy atom. The van der Waals surface area contributed by atoms with Gasteiger partial charge in [-0.2, -0.15) is 0 Å². The van der Waals surface area contributed by atoms with Crippen molar-refractivity contribution in [2.24, 2.45) is 0 Å². The maximum absolute atomic E-state index is 5.67. The molecule has 1 aromatic rings. The van der Waals surface area contributed by atoms with Crippen molar-refractivity contribution in [1.82, 2.24) is 10.3 Å². The summed E-state index contributed by atoms with van der Waals surface area (Å²) in [5, 5.41) is 3.26. The van der Waals surface area contributed by atoms with Crippen LogP contribution in [0, 0.1) is 0 Å². The molecule has 1 aromatic heterocycles. The van der Waals surface area contributed by atoms with Gasteiger partial charge >= 0.3 is 0 Å². The van der Waals surface area contributed by atoms with E-state index in [1.165, 1.54) is 5.56 Å². The maximum Gasteiger partial charge on any atom is 0.123 e. The molecule has 3 heteroatoms. The number of pyridine rings is 1. The lowest BCUT2D eigenvalue weighted by Crippen LogP contribution is -2.12. The van der Waals surface area contributed by atoms with E-state index in [0.29, 0.717) is 5.82 Å². The predicted octanol–water partition coefficient (Wildman–Crippen LogP) is 1.34. The van der Waals surface area contributed by atoms with Gasteiger partial charge in [0.1, 0.15) is 5.82 Å². The number of nitrogen functional groups attached to an aromatic ring is 1. The van der Waals surface area contributed by atoms with Crippen molar-refractivity contribution in [1.29, 1.82) is 0 Å². The fourth-order valence-electron chi connectivity index (χ4n) is 1.23. The lowest BCUT2D eigenvalue weighted by Gasteiger charge is -2.05. The number of anilines is 1. The molecule has 0 fully saturated rings. The van der Waals surface area contributed by atoms with Gasteiger partial charge in [-0.25, -0.2) is 4.98 Å². The number of hydrogen-bond acceptors (Lipinski definition) is 3. The van der Waals surface area contributed by atoms with Gasteiger partial charge in [-0.1, -0.05) is 13.8 Å². The van der Waals surface area contributed by atoms with Gasteiger partial charge in [0, 0.05) is 12.2 Å². The molecular formula is C10H17N3. The van der Waals surface area contributed by atoms with E-state index in [1.54, 1.807) is 0 Å². The zero-order valence-electron chi connectivity index (χ0n) is 8.30. The van der Waals surface area contributed by atoms with Crippen molar-refractivity contribution >= 4 is 5.82 Å². The molecule has 1 rings (SSSR count). The standard InChI is InChI=1S/C10H17N3/c1-3-9-5-8(7-12-4-2)6-10(11)13-9/h5-6,12H,3-4,7H2,1-2H3,(H2,11,13). The van der Waals surface area contributed by atoms with Crippen LogP contribution in [0.1, 0.15) is 25.1 Å². The average Bonchev–Trinajstić information content (AvgIpc) is 2.14. The Hall–Kier alpha value is -1.09. The lowest BCUT2D eigenvalue weighted by atomic mass is 10.2. The van der Waals surface area contributed by atoms with Crippen LogP contribution < -0.4 is 11.1 Å². The summed E-state index contributed by atoms with van der Waals surface area (Å²) in [5.74, 6) is 0.618. The molecule has 13 heavy (non-hydrogen) atoms. The molecule has 0 saturated carbocycles. The van der Waals surface area contributed by atoms with Crippen molar-refractivity contribution < 1.29 is 0 Å². The van der Waals surface area contributed by atoms with Gasteiger partial charge in [-0.15, -0.1) is 0 Å². The molecule has 0 bridgehead atoms. The van der Waals surface area contributed by atoms with Crippen LogP contribution in [0.5, 0.6) is 0 Å². The molecule has 0 radical (unpaired) electrons. The smallest absolute Gasteiger partial charge is 0.123 e. The second-order valence-corrected chi connectivity index (χ2v) is 3.03. The molecule has 0 atom stereocenters. The van der Waals surface area contributed by atoms with E-state index in [-0.39, 0.29) is 0 Å². The topological polar surface area (TPSA) is 50.9 Å². The van der Waals surface area contributed by atoms with Crippen LogP contribution in [0.4, 0.5) is 5.82 Å². The lowest BCUT2D eigenvalue weighted by molar-refractivity contribution is 0.725. The summed E-state index contributed by atoms with van der Waals surface area (Å²) in [6, 6.07) is 4.01. The summed E-state index contributed by atoms with van der Waals surface area (Å²) in [6.07, 6.45) is 0.935. The molecule has 3 N–H and O–H groups in total. The molecule has 72 valence electrons. The number of nitrogens with one attached hydrogen (secondary N) is 1. The van der Waals surface area contributed by atoms with Gasteiger partial charge in [-0.3, -0.25) is 0 Å². The zero-order chi connectivity index (χ0) is 9.68. The van der Waals surface area contributed by atoms with Crippen molar-refractivity contribution in [3.8, 4) is 0 Å². The van der Waals surface area contributed by atoms with E-state index in [4.69, 9.17) is 5.73 Å². The Balaban J connectivity index is 2.76. The summed E-state index contributed by atoms with van der Waals surface area (Å²) in [4.78, 5) is 4.21. The first-order valence-electron chi connectivity index (χ1n) is 4.72. The monoisotopic (exact) mass is 179 g/mol. The summed E-state index contributed by atoms with van der Waals surface area (Å²) in [7, 11) is 0. The van der Waals surface area contributed by atoms with Crippen molar-refractivity contribution in [3.63, 3.8) is 0 Å². The number of nitrogens with zero attached hydrogens (tertiary/aromatic N) is 1. The van der Waals surface area contributed by atoms with Gasteiger partial charge in [0.05, 0.1) is 0 Å². The highest BCUT2D eigenvalue weighted by molar-refractivity contribution is 5.34. The van der Waals surface area contributed by atoms with Gasteiger partial charge < -0.3 is 11.1 Å². The van der Waals surface area contributed by atoms with Crippen LogP contribution in [0.15, 0.2) is 12.1 Å². The van der Waals surface area contributed by atoms with E-state index in [0.717, 1.165) is 25.2 Å². The highest BCUT2D eigenvalue weighted by Gasteiger charge is 1.98. The first-order chi connectivity index (χ1) is 6.26. The Morgan fingerprint density at radius 3 is 2.77 bits per heavy atom. The minimum absolute atomic E-state index is 0.618. The Kier molecular flexibility index (Phi) is 3.71. The molecule has 0 aliphatic rings. The molecule has 0 saturated heterocycles. The number of aromatic nitrogens is 1. The fourth-order valence-corrected chi connectivity index (χ4v) is 1.23. The number of rotatable bonds is 4. The molecule has 1 heterocycles. The third-order valence-corrected chi connectivity index (χ3v) is 1.90. The van der Waals surface area contributed by atoms with Crippen molar-refractivity contribution in [2.75, 3.05) is 12.3 Å². The van der Waals surface area contributed by atoms with E-state index in [1.807, 2.05) is 6.07 Å². The maximum atomic E-state index is 5.67. The van der Waals surface area contributed by atoms with Crippen molar-refractivity contribution in [3.05, 3.63) is 23.4 Å². The summed E-state index contributed by atoms with van der Waals surface area (Å²) < 4.78 is 0. The highest BCUT2D eigenvalue weighted by Crippen LogP contribution is 2.07. The Morgan fingerprint density at radius 1 is 1.38 bits per heavy atom. The molecular weight excluding hydrogens is 162 g/mol. The van der Waals surface area contributed by atoms with E-state index in [9.17, 15) is 0 Å². The van der Waals surface area contributed by atoms with Crippen LogP contribution in [0.3, 0.4) is 0 Å². The van der Waals surface area contributed by atoms with Crippen LogP contribution >= 0.6 is 0 Å². The second-order valence-electron chi connectivity index (χ2n) is 3.03. The minimum atomic E-state index is 0.618. The van der Waals surface area contributed by atoms with Crippen LogP contribution in [-0.4, -0.2) is 11.5 Å². The first kappa shape index (κ1) is 9.99. The molecule has 0 unspecified atom stereocenters. The number of nitrogens with two attached hydrogens (primary N) is 1. The molecule has 0 aliphatic heterocycles. The Bertz CT molecular complexity index is 271. The quantitative estimate of drug-likeness (QED) is 0.733. The van der Waals surface area contributed by atoms with Crippen LogP contribution in [0.2, 0.25) is 0 Å². The SMILES string of the molecule is CCNCc1cc(N)nc(CC)c1. The molecule has 0 spiro atoms. The summed E-state index contributed by atoms with van der Waals surface area (Å²) in [5.41, 5.74) is 7.94. The van der Waals surface area contributed by atoms with Gasteiger partial charge in [0.2, 0.25) is 0 Å². The second kappa shape index (κ2) is 4.82. The normalized spacial score (nSPS) is 10.3. The van der Waals surface area contributed by atoms with E-state index < -0.39 is 0 Å². The van der Waals surface area contributed by atoms with E-state index >= 15 is 0 Å². The Labute approximate surface area is 79.4 Å². The minimum Gasteiger partial charge on any atom is -0.384 e. The molecule has 0 aliphatic carbocycles. The highest BCUT2D eigenvalue weighted by atomic mass is 14.9. The van der Waals surface area contributed by atoms with Gasteiger partial charge in [0.25, 0.3) is 0 Å². The summed E-state index contributed by atoms with van der Waals surface area (Å²) in [6.45, 7) is 6.02. The first-order valence-corrected chi connectivity index (χ1v) is 4.72. The fraction of sp³-hybridized carbons (Fsp3) is 0.500. The van der Waals surface area contributed by atoms with Crippen molar-refractivity contribution in [2.45, 2.75) is 26.8 Å². The molecule has 3 nitrogen and oxygen atoms in total. The van der Waals surface area contributed by atoms with Crippen LogP contribution in [0.25, 0.3) is 0 Å². The number of aryl methyl sites for hydroxylation is 1. The number of hydrogen-bond donors (Lipinski definition) is 2. The van der Waals surface area contributed by atoms with Gasteiger partial charge in [-0.05, 0) is 30.7 Å². The average molecular weight is 179 g/mol. The predicted molar refractivity (Wildman–Crippen MR) is 55.4 cm³/mol. The van der Waals surface area contributed by atoms with Crippen LogP contribution in [-0.2, 0) is 13.0 Å². The third kappa shape index (κ3) is 3.03. The summed E-state index contributed by atoms with van der Waals surface area (Å²) >= 11 is 0. The molecule has 0 aromatic carbocycles. The van der Waals surface area contributed by atoms with Gasteiger partial charge in [0.15, 0.2) is 0 Å². The van der Waals surface area contributed by atoms with E-state index in [2.05, 4.69) is 30.2 Å². The molecule has 0 amide bonds. The largest absolute Gasteiger partial charge is 0.384 e.